The van der Waals surface area contributed by atoms with Crippen LogP contribution in [0.4, 0.5) is 8.78 Å². The van der Waals surface area contributed by atoms with E-state index in [1.165, 1.54) is 16.7 Å². The molecule has 0 aliphatic heterocycles. The highest BCUT2D eigenvalue weighted by Gasteiger charge is 2.18. The van der Waals surface area contributed by atoms with Gasteiger partial charge in [0.25, 0.3) is 5.56 Å². The number of hydrogen-bond acceptors (Lipinski definition) is 2. The molecule has 4 aromatic rings. The molecule has 0 N–H and O–H groups in total. The van der Waals surface area contributed by atoms with Crippen molar-refractivity contribution in [2.45, 2.75) is 0 Å². The van der Waals surface area contributed by atoms with Crippen molar-refractivity contribution in [3.63, 3.8) is 0 Å². The Morgan fingerprint density at radius 1 is 1.00 bits per heavy atom. The molecule has 1 aromatic carbocycles. The maximum Gasteiger partial charge on any atom is 0.265 e. The molecule has 0 radical (unpaired) electrons. The molecule has 0 spiro atoms. The van der Waals surface area contributed by atoms with Gasteiger partial charge in [-0.1, -0.05) is 12.1 Å². The monoisotopic (exact) mass is 308 g/mol. The minimum Gasteiger partial charge on any atom is -0.283 e. The second kappa shape index (κ2) is 4.98. The van der Waals surface area contributed by atoms with Crippen LogP contribution in [0.2, 0.25) is 0 Å². The smallest absolute Gasteiger partial charge is 0.265 e. The molecule has 0 atom stereocenters. The largest absolute Gasteiger partial charge is 0.283 e. The van der Waals surface area contributed by atoms with Gasteiger partial charge in [0.1, 0.15) is 11.6 Å². The Balaban J connectivity index is 2.33. The van der Waals surface area contributed by atoms with Gasteiger partial charge < -0.3 is 0 Å². The van der Waals surface area contributed by atoms with E-state index < -0.39 is 11.6 Å². The summed E-state index contributed by atoms with van der Waals surface area (Å²) in [6.45, 7) is 0. The summed E-state index contributed by atoms with van der Waals surface area (Å²) < 4.78 is 29.5. The van der Waals surface area contributed by atoms with Crippen LogP contribution in [0.3, 0.4) is 0 Å². The van der Waals surface area contributed by atoms with Crippen molar-refractivity contribution < 1.29 is 8.78 Å². The second-order valence-electron chi connectivity index (χ2n) is 5.16. The van der Waals surface area contributed by atoms with Crippen molar-refractivity contribution in [2.75, 3.05) is 0 Å². The van der Waals surface area contributed by atoms with E-state index in [0.717, 1.165) is 6.07 Å². The van der Waals surface area contributed by atoms with Crippen LogP contribution in [0, 0.1) is 11.6 Å². The van der Waals surface area contributed by atoms with Crippen molar-refractivity contribution in [1.82, 2.24) is 9.38 Å². The molecule has 3 heterocycles. The zero-order valence-electron chi connectivity index (χ0n) is 11.8. The van der Waals surface area contributed by atoms with E-state index in [1.807, 2.05) is 0 Å². The van der Waals surface area contributed by atoms with Gasteiger partial charge in [-0.2, -0.15) is 0 Å². The average molecular weight is 308 g/mol. The van der Waals surface area contributed by atoms with Crippen molar-refractivity contribution in [2.24, 2.45) is 0 Å². The predicted molar refractivity (Wildman–Crippen MR) is 84.3 cm³/mol. The van der Waals surface area contributed by atoms with Gasteiger partial charge >= 0.3 is 0 Å². The third-order valence-corrected chi connectivity index (χ3v) is 3.79. The van der Waals surface area contributed by atoms with E-state index in [1.54, 1.807) is 42.6 Å². The fourth-order valence-electron chi connectivity index (χ4n) is 2.85. The van der Waals surface area contributed by atoms with Gasteiger partial charge in [-0.3, -0.25) is 14.2 Å². The molecule has 5 heteroatoms. The third-order valence-electron chi connectivity index (χ3n) is 3.79. The number of nitrogens with zero attached hydrogens (tertiary/aromatic N) is 2. The molecule has 0 saturated heterocycles. The molecule has 112 valence electrons. The van der Waals surface area contributed by atoms with E-state index in [0.29, 0.717) is 11.2 Å². The first-order valence-corrected chi connectivity index (χ1v) is 7.00. The maximum absolute atomic E-state index is 14.4. The number of rotatable bonds is 1. The van der Waals surface area contributed by atoms with Crippen LogP contribution in [-0.4, -0.2) is 9.38 Å². The van der Waals surface area contributed by atoms with Crippen molar-refractivity contribution >= 4 is 16.3 Å². The third kappa shape index (κ3) is 2.01. The number of aromatic nitrogens is 2. The molecule has 3 aromatic heterocycles. The minimum absolute atomic E-state index is 0.183. The molecule has 0 fully saturated rings. The van der Waals surface area contributed by atoms with Crippen molar-refractivity contribution in [3.05, 3.63) is 82.9 Å². The molecular formula is C18H10F2N2O. The summed E-state index contributed by atoms with van der Waals surface area (Å²) in [4.78, 5) is 17.0. The van der Waals surface area contributed by atoms with Crippen LogP contribution in [0.1, 0.15) is 0 Å². The van der Waals surface area contributed by atoms with E-state index in [9.17, 15) is 13.6 Å². The van der Waals surface area contributed by atoms with Gasteiger partial charge in [0.2, 0.25) is 0 Å². The lowest BCUT2D eigenvalue weighted by atomic mass is 10.0. The van der Waals surface area contributed by atoms with Crippen LogP contribution >= 0.6 is 0 Å². The molecule has 0 aliphatic carbocycles. The Kier molecular flexibility index (Phi) is 2.94. The molecule has 0 saturated carbocycles. The van der Waals surface area contributed by atoms with E-state index in [4.69, 9.17) is 0 Å². The molecule has 0 unspecified atom stereocenters. The van der Waals surface area contributed by atoms with E-state index in [-0.39, 0.29) is 21.9 Å². The van der Waals surface area contributed by atoms with E-state index >= 15 is 0 Å². The van der Waals surface area contributed by atoms with Crippen molar-refractivity contribution in [3.8, 4) is 11.3 Å². The minimum atomic E-state index is -0.730. The number of hydrogen-bond donors (Lipinski definition) is 0. The average Bonchev–Trinajstić information content (AvgIpc) is 2.55. The lowest BCUT2D eigenvalue weighted by Crippen LogP contribution is -2.17. The van der Waals surface area contributed by atoms with Gasteiger partial charge in [-0.15, -0.1) is 0 Å². The SMILES string of the molecule is O=c1c(-c2ccccn2)c2cc(F)cc(F)c2c2ccccn12. The lowest BCUT2D eigenvalue weighted by molar-refractivity contribution is 0.592. The van der Waals surface area contributed by atoms with E-state index in [2.05, 4.69) is 4.98 Å². The number of fused-ring (bicyclic) bond motifs is 3. The molecular weight excluding hydrogens is 298 g/mol. The number of pyridine rings is 3. The summed E-state index contributed by atoms with van der Waals surface area (Å²) in [6.07, 6.45) is 3.10. The molecule has 3 nitrogen and oxygen atoms in total. The number of halogens is 2. The topological polar surface area (TPSA) is 34.4 Å². The molecule has 0 aliphatic rings. The van der Waals surface area contributed by atoms with Crippen molar-refractivity contribution in [1.29, 1.82) is 0 Å². The standard InChI is InChI=1S/C18H10F2N2O/c19-11-9-12-16(13(20)10-11)15-6-2-4-8-22(15)18(23)17(12)14-5-1-3-7-21-14/h1-10H. The summed E-state index contributed by atoms with van der Waals surface area (Å²) in [5.41, 5.74) is 0.593. The van der Waals surface area contributed by atoms with Gasteiger partial charge in [-0.25, -0.2) is 8.78 Å². The van der Waals surface area contributed by atoms with Gasteiger partial charge in [0, 0.05) is 29.2 Å². The van der Waals surface area contributed by atoms with Gasteiger partial charge in [-0.05, 0) is 30.3 Å². The molecule has 0 bridgehead atoms. The summed E-state index contributed by atoms with van der Waals surface area (Å²) in [6, 6.07) is 12.1. The van der Waals surface area contributed by atoms with Crippen LogP contribution in [0.25, 0.3) is 27.5 Å². The summed E-state index contributed by atoms with van der Waals surface area (Å²) >= 11 is 0. The fourth-order valence-corrected chi connectivity index (χ4v) is 2.85. The Bertz CT molecular complexity index is 1100. The second-order valence-corrected chi connectivity index (χ2v) is 5.16. The first-order valence-electron chi connectivity index (χ1n) is 7.00. The summed E-state index contributed by atoms with van der Waals surface area (Å²) in [5.74, 6) is -1.44. The molecule has 4 rings (SSSR count). The first kappa shape index (κ1) is 13.6. The zero-order chi connectivity index (χ0) is 16.0. The highest BCUT2D eigenvalue weighted by atomic mass is 19.1. The number of benzene rings is 1. The van der Waals surface area contributed by atoms with Crippen LogP contribution in [0.15, 0.2) is 65.7 Å². The predicted octanol–water partition coefficient (Wildman–Crippen LogP) is 3.79. The summed E-state index contributed by atoms with van der Waals surface area (Å²) in [7, 11) is 0. The molecule has 23 heavy (non-hydrogen) atoms. The first-order chi connectivity index (χ1) is 11.2. The quantitative estimate of drug-likeness (QED) is 0.501. The van der Waals surface area contributed by atoms with Gasteiger partial charge in [0.15, 0.2) is 0 Å². The van der Waals surface area contributed by atoms with Gasteiger partial charge in [0.05, 0.1) is 16.8 Å². The van der Waals surface area contributed by atoms with Crippen LogP contribution < -0.4 is 5.56 Å². The Morgan fingerprint density at radius 2 is 1.83 bits per heavy atom. The summed E-state index contributed by atoms with van der Waals surface area (Å²) in [5, 5.41) is 0.421. The normalized spacial score (nSPS) is 11.2. The molecule has 0 amide bonds. The zero-order valence-corrected chi connectivity index (χ0v) is 11.8. The maximum atomic E-state index is 14.4. The highest BCUT2D eigenvalue weighted by Crippen LogP contribution is 2.30. The Hall–Kier alpha value is -3.08. The lowest BCUT2D eigenvalue weighted by Gasteiger charge is -2.11. The fraction of sp³-hybridized carbons (Fsp3) is 0. The Labute approximate surface area is 129 Å². The Morgan fingerprint density at radius 3 is 2.61 bits per heavy atom. The van der Waals surface area contributed by atoms with Crippen LogP contribution in [0.5, 0.6) is 0 Å². The van der Waals surface area contributed by atoms with Crippen LogP contribution in [-0.2, 0) is 0 Å². The highest BCUT2D eigenvalue weighted by molar-refractivity contribution is 6.04.